The summed E-state index contributed by atoms with van der Waals surface area (Å²) in [5.41, 5.74) is 0.220. The zero-order valence-electron chi connectivity index (χ0n) is 17.2. The molecule has 0 aliphatic carbocycles. The Bertz CT molecular complexity index is 354. The zero-order chi connectivity index (χ0) is 17.4. The first-order valence-electron chi connectivity index (χ1n) is 9.61. The molecule has 1 saturated heterocycles. The first kappa shape index (κ1) is 21.1. The summed E-state index contributed by atoms with van der Waals surface area (Å²) < 4.78 is 8.39. The number of hydrogen-bond acceptors (Lipinski definition) is 1. The van der Waals surface area contributed by atoms with Gasteiger partial charge in [0.1, 0.15) is 0 Å². The molecule has 0 unspecified atom stereocenters. The topological polar surface area (TPSA) is 9.23 Å². The van der Waals surface area contributed by atoms with Crippen molar-refractivity contribution in [1.29, 1.82) is 0 Å². The maximum atomic E-state index is 7.40. The van der Waals surface area contributed by atoms with Gasteiger partial charge in [0.05, 0.1) is 0 Å². The third kappa shape index (κ3) is 3.01. The summed E-state index contributed by atoms with van der Waals surface area (Å²) in [4.78, 5) is 0. The van der Waals surface area contributed by atoms with Gasteiger partial charge in [-0.3, -0.25) is 0 Å². The van der Waals surface area contributed by atoms with Gasteiger partial charge in [-0.1, -0.05) is 0 Å². The summed E-state index contributed by atoms with van der Waals surface area (Å²) >= 11 is -4.50. The van der Waals surface area contributed by atoms with Gasteiger partial charge in [0, 0.05) is 0 Å². The van der Waals surface area contributed by atoms with Gasteiger partial charge in [-0.05, 0) is 0 Å². The van der Waals surface area contributed by atoms with Gasteiger partial charge in [0.15, 0.2) is 0 Å². The fraction of sp³-hybridized carbons (Fsp3) is 1.00. The average molecular weight is 432 g/mol. The van der Waals surface area contributed by atoms with Crippen molar-refractivity contribution >= 4 is 22.9 Å². The van der Waals surface area contributed by atoms with E-state index in [1.165, 1.54) is 29.8 Å². The van der Waals surface area contributed by atoms with Gasteiger partial charge in [-0.2, -0.15) is 0 Å². The van der Waals surface area contributed by atoms with Crippen LogP contribution < -0.4 is 0 Å². The summed E-state index contributed by atoms with van der Waals surface area (Å²) in [5, 5.41) is 4.32. The van der Waals surface area contributed by atoms with Crippen molar-refractivity contribution in [3.8, 4) is 0 Å². The van der Waals surface area contributed by atoms with E-state index in [0.717, 1.165) is 0 Å². The van der Waals surface area contributed by atoms with E-state index in [2.05, 4.69) is 69.2 Å². The van der Waals surface area contributed by atoms with Gasteiger partial charge < -0.3 is 0 Å². The van der Waals surface area contributed by atoms with E-state index in [-0.39, 0.29) is 5.60 Å². The predicted octanol–water partition coefficient (Wildman–Crippen LogP) is 7.08. The Morgan fingerprint density at radius 2 is 1.23 bits per heavy atom. The van der Waals surface area contributed by atoms with Crippen molar-refractivity contribution in [2.45, 2.75) is 118 Å². The van der Waals surface area contributed by atoms with E-state index >= 15 is 0 Å². The molecule has 1 aliphatic rings. The van der Waals surface area contributed by atoms with Gasteiger partial charge in [-0.15, -0.1) is 0 Å². The second kappa shape index (κ2) is 6.75. The molecule has 0 aromatic carbocycles. The van der Waals surface area contributed by atoms with E-state index in [1.807, 2.05) is 0 Å². The summed E-state index contributed by atoms with van der Waals surface area (Å²) in [7, 11) is 0. The monoisotopic (exact) mass is 434 g/mol. The van der Waals surface area contributed by atoms with E-state index < -0.39 is 22.9 Å². The summed E-state index contributed by atoms with van der Waals surface area (Å²) in [6, 6.07) is 0. The van der Waals surface area contributed by atoms with Crippen LogP contribution in [0.1, 0.15) is 88.5 Å². The minimum atomic E-state index is -2.31. The van der Waals surface area contributed by atoms with E-state index in [0.29, 0.717) is 8.49 Å². The molecule has 132 valence electrons. The molecule has 0 spiro atoms. The van der Waals surface area contributed by atoms with E-state index in [4.69, 9.17) is 3.76 Å². The second-order valence-corrected chi connectivity index (χ2v) is 47.5. The molecule has 0 atom stereocenters. The van der Waals surface area contributed by atoms with E-state index in [1.54, 1.807) is 5.25 Å². The molecule has 0 bridgehead atoms. The number of rotatable bonds is 4. The summed E-state index contributed by atoms with van der Waals surface area (Å²) in [5.74, 6) is 0. The molecule has 1 fully saturated rings. The van der Waals surface area contributed by atoms with Gasteiger partial charge in [-0.25, -0.2) is 0 Å². The first-order valence-corrected chi connectivity index (χ1v) is 23.5. The Balaban J connectivity index is 3.58. The second-order valence-electron chi connectivity index (χ2n) is 9.60. The normalized spacial score (nSPS) is 24.3. The maximum absolute atomic E-state index is 7.40. The summed E-state index contributed by atoms with van der Waals surface area (Å²) in [6.45, 7) is 25.1. The fourth-order valence-corrected chi connectivity index (χ4v) is 83.1. The molecular formula is C19H42Ge2O. The van der Waals surface area contributed by atoms with Crippen molar-refractivity contribution in [3.05, 3.63) is 0 Å². The third-order valence-corrected chi connectivity index (χ3v) is 74.6. The molecule has 0 N–H and O–H groups in total. The molecule has 0 aromatic rings. The molecular weight excluding hydrogens is 389 g/mol. The van der Waals surface area contributed by atoms with Crippen LogP contribution >= 0.6 is 0 Å². The molecule has 22 heavy (non-hydrogen) atoms. The molecule has 1 rings (SSSR count). The Hall–Kier alpha value is 1.05. The van der Waals surface area contributed by atoms with Crippen LogP contribution in [0.5, 0.6) is 0 Å². The average Bonchev–Trinajstić information content (AvgIpc) is 2.43. The van der Waals surface area contributed by atoms with Crippen molar-refractivity contribution < 1.29 is 3.76 Å². The van der Waals surface area contributed by atoms with Gasteiger partial charge in [0.25, 0.3) is 0 Å². The Labute approximate surface area is 144 Å². The van der Waals surface area contributed by atoms with Crippen LogP contribution in [-0.4, -0.2) is 28.5 Å². The van der Waals surface area contributed by atoms with Crippen LogP contribution in [0, 0.1) is 0 Å². The van der Waals surface area contributed by atoms with Crippen molar-refractivity contribution in [3.63, 3.8) is 0 Å². The van der Waals surface area contributed by atoms with Crippen molar-refractivity contribution in [1.82, 2.24) is 0 Å². The molecule has 1 nitrogen and oxygen atoms in total. The van der Waals surface area contributed by atoms with Crippen LogP contribution in [-0.2, 0) is 3.76 Å². The molecule has 3 heteroatoms. The van der Waals surface area contributed by atoms with Gasteiger partial charge >= 0.3 is 145 Å². The molecule has 0 radical (unpaired) electrons. The molecule has 0 amide bonds. The molecule has 1 aliphatic heterocycles. The van der Waals surface area contributed by atoms with Crippen molar-refractivity contribution in [2.75, 3.05) is 0 Å². The Morgan fingerprint density at radius 1 is 0.818 bits per heavy atom. The predicted molar refractivity (Wildman–Crippen MR) is 106 cm³/mol. The standard InChI is InChI=1S/C19H42Ge2O/c1-11-19(12-2)15-16-21(17(5,6)7,18(8,9)10)20(13-3,14-4)22-19/h11-16H2,1-10H3. The van der Waals surface area contributed by atoms with Crippen LogP contribution in [0.4, 0.5) is 0 Å². The third-order valence-electron chi connectivity index (χ3n) is 7.14. The van der Waals surface area contributed by atoms with Gasteiger partial charge in [0.2, 0.25) is 0 Å². The quantitative estimate of drug-likeness (QED) is 0.432. The van der Waals surface area contributed by atoms with Crippen LogP contribution in [0.3, 0.4) is 0 Å². The van der Waals surface area contributed by atoms with Crippen molar-refractivity contribution in [2.24, 2.45) is 0 Å². The molecule has 1 heterocycles. The van der Waals surface area contributed by atoms with E-state index in [9.17, 15) is 0 Å². The molecule has 0 aromatic heterocycles. The number of hydrogen-bond donors (Lipinski definition) is 0. The summed E-state index contributed by atoms with van der Waals surface area (Å²) in [6.07, 6.45) is 3.76. The zero-order valence-corrected chi connectivity index (χ0v) is 21.3. The van der Waals surface area contributed by atoms with Crippen LogP contribution in [0.25, 0.3) is 0 Å². The Kier molecular flexibility index (Phi) is 6.47. The fourth-order valence-electron chi connectivity index (χ4n) is 6.18. The SMILES string of the molecule is CCC1(CC)C[CH2][Ge]([C](C)(C)C)([C](C)(C)C)[Ge]([CH2]C)([CH2]C)[O]1. The van der Waals surface area contributed by atoms with Crippen LogP contribution in [0.15, 0.2) is 0 Å². The van der Waals surface area contributed by atoms with Crippen LogP contribution in [0.2, 0.25) is 24.3 Å². The first-order chi connectivity index (χ1) is 9.91. The Morgan fingerprint density at radius 3 is 1.50 bits per heavy atom. The molecule has 0 saturated carbocycles. The minimum absolute atomic E-state index is 0.220.